The predicted octanol–water partition coefficient (Wildman–Crippen LogP) is 16.6. The summed E-state index contributed by atoms with van der Waals surface area (Å²) in [4.78, 5) is 0. The second-order valence-electron chi connectivity index (χ2n) is 16.3. The Balaban J connectivity index is 0.000000182. The van der Waals surface area contributed by atoms with Gasteiger partial charge in [0, 0.05) is 9.52 Å². The number of aryl methyl sites for hydroxylation is 1. The van der Waals surface area contributed by atoms with Gasteiger partial charge in [0.25, 0.3) is 0 Å². The molecule has 0 aromatic heterocycles. The van der Waals surface area contributed by atoms with E-state index in [1.54, 1.807) is 5.56 Å². The third-order valence-corrected chi connectivity index (χ3v) is 11.4. The van der Waals surface area contributed by atoms with Gasteiger partial charge in [0.1, 0.15) is 0 Å². The summed E-state index contributed by atoms with van der Waals surface area (Å²) >= 11 is -0.826. The van der Waals surface area contributed by atoms with Crippen LogP contribution >= 0.6 is 17.0 Å². The first-order valence-electron chi connectivity index (χ1n) is 20.3. The van der Waals surface area contributed by atoms with Crippen molar-refractivity contribution in [2.45, 2.75) is 129 Å². The summed E-state index contributed by atoms with van der Waals surface area (Å²) in [6.07, 6.45) is 15.0. The molecule has 8 rings (SSSR count). The van der Waals surface area contributed by atoms with Crippen molar-refractivity contribution < 1.29 is 20.8 Å². The fourth-order valence-corrected chi connectivity index (χ4v) is 8.45. The summed E-state index contributed by atoms with van der Waals surface area (Å²) < 4.78 is 0. The van der Waals surface area contributed by atoms with Crippen molar-refractivity contribution in [3.05, 3.63) is 131 Å². The van der Waals surface area contributed by atoms with Crippen LogP contribution in [0.1, 0.15) is 126 Å². The minimum atomic E-state index is -0.826. The van der Waals surface area contributed by atoms with Crippen molar-refractivity contribution in [2.75, 3.05) is 0 Å². The van der Waals surface area contributed by atoms with Crippen molar-refractivity contribution in [3.63, 3.8) is 0 Å². The molecule has 0 spiro atoms. The maximum atomic E-state index is 4.93. The topological polar surface area (TPSA) is 0 Å². The van der Waals surface area contributed by atoms with Crippen molar-refractivity contribution >= 4 is 48.1 Å². The Kier molecular flexibility index (Phi) is 17.0. The predicted molar refractivity (Wildman–Crippen MR) is 239 cm³/mol. The van der Waals surface area contributed by atoms with E-state index in [1.807, 2.05) is 0 Å². The minimum absolute atomic E-state index is 0.207. The van der Waals surface area contributed by atoms with Crippen LogP contribution in [0.2, 0.25) is 13.1 Å². The molecule has 2 saturated carbocycles. The van der Waals surface area contributed by atoms with Crippen LogP contribution in [0.25, 0.3) is 43.8 Å². The van der Waals surface area contributed by atoms with Gasteiger partial charge in [-0.05, 0) is 71.6 Å². The zero-order valence-electron chi connectivity index (χ0n) is 33.6. The van der Waals surface area contributed by atoms with Gasteiger partial charge >= 0.3 is 37.9 Å². The number of fused-ring (bicyclic) bond motifs is 2. The summed E-state index contributed by atoms with van der Waals surface area (Å²) in [6, 6.07) is 41.6. The van der Waals surface area contributed by atoms with Crippen LogP contribution < -0.4 is 0 Å². The normalized spacial score (nSPS) is 15.0. The standard InChI is InChI=1S/C25H29.C23H25.C2H6Si.2ClH.Zr/c1-25(2,3)22-14-12-19(13-15-22)23-11-7-10-20-16-21(17-24(20)23)18-8-5-4-6-9-18;1-2-17-15-21-9-6-10-22(23(21)16-17)20-13-11-19(12-14-20)18-7-4-3-5-8-18;1-3-2;;;/h7,10-18H,4-6,8-9H2,1-3H3;6,9-16,18H,2-5,7-8H2,1H3;1-2H3;2*1H;/q2*-1;;;;+4/p-2. The van der Waals surface area contributed by atoms with E-state index in [-0.39, 0.29) is 5.41 Å². The first kappa shape index (κ1) is 42.9. The molecule has 4 heteroatoms. The molecule has 0 N–H and O–H groups in total. The monoisotopic (exact) mass is 848 g/mol. The van der Waals surface area contributed by atoms with Gasteiger partial charge in [-0.2, -0.15) is 12.1 Å². The molecule has 0 heterocycles. The molecule has 0 nitrogen and oxygen atoms in total. The Hall–Kier alpha value is -2.22. The molecule has 0 aliphatic heterocycles. The van der Waals surface area contributed by atoms with E-state index in [1.165, 1.54) is 125 Å². The van der Waals surface area contributed by atoms with Crippen LogP contribution in [0.3, 0.4) is 0 Å². The van der Waals surface area contributed by atoms with Gasteiger partial charge in [-0.15, -0.1) is 69.1 Å². The van der Waals surface area contributed by atoms with Gasteiger partial charge in [-0.25, -0.2) is 0 Å². The third-order valence-electron chi connectivity index (χ3n) is 11.4. The van der Waals surface area contributed by atoms with E-state index in [2.05, 4.69) is 150 Å². The molecule has 6 aromatic rings. The zero-order chi connectivity index (χ0) is 38.5. The Labute approximate surface area is 348 Å². The van der Waals surface area contributed by atoms with Gasteiger partial charge < -0.3 is 0 Å². The van der Waals surface area contributed by atoms with E-state index < -0.39 is 20.8 Å². The molecule has 6 aromatic carbocycles. The fraction of sp³-hybridized carbons (Fsp3) is 0.400. The molecule has 2 fully saturated rings. The van der Waals surface area contributed by atoms with Crippen LogP contribution in [0, 0.1) is 0 Å². The zero-order valence-corrected chi connectivity index (χ0v) is 38.6. The molecule has 0 amide bonds. The molecule has 2 aliphatic carbocycles. The van der Waals surface area contributed by atoms with E-state index >= 15 is 0 Å². The van der Waals surface area contributed by atoms with Crippen molar-refractivity contribution in [1.82, 2.24) is 0 Å². The first-order chi connectivity index (χ1) is 26.2. The van der Waals surface area contributed by atoms with Gasteiger partial charge in [0.2, 0.25) is 0 Å². The van der Waals surface area contributed by atoms with Crippen LogP contribution in [-0.4, -0.2) is 9.52 Å². The molecule has 54 heavy (non-hydrogen) atoms. The Morgan fingerprint density at radius 3 is 1.59 bits per heavy atom. The average Bonchev–Trinajstić information content (AvgIpc) is 3.84. The molecule has 0 bridgehead atoms. The second kappa shape index (κ2) is 21.3. The summed E-state index contributed by atoms with van der Waals surface area (Å²) in [5, 5.41) is 5.59. The van der Waals surface area contributed by atoms with Gasteiger partial charge in [-0.3, -0.25) is 0 Å². The molecular weight excluding hydrogens is 791 g/mol. The van der Waals surface area contributed by atoms with E-state index in [9.17, 15) is 0 Å². The summed E-state index contributed by atoms with van der Waals surface area (Å²) in [5.74, 6) is 1.57. The number of rotatable bonds is 5. The molecule has 2 aliphatic rings. The molecule has 0 atom stereocenters. The third kappa shape index (κ3) is 11.4. The van der Waals surface area contributed by atoms with E-state index in [0.29, 0.717) is 0 Å². The molecule has 0 saturated heterocycles. The van der Waals surface area contributed by atoms with Gasteiger partial charge in [0.15, 0.2) is 0 Å². The van der Waals surface area contributed by atoms with Gasteiger partial charge in [0.05, 0.1) is 0 Å². The number of halogens is 2. The average molecular weight is 851 g/mol. The number of benzene rings is 4. The fourth-order valence-electron chi connectivity index (χ4n) is 8.45. The van der Waals surface area contributed by atoms with Crippen molar-refractivity contribution in [1.29, 1.82) is 0 Å². The van der Waals surface area contributed by atoms with Crippen LogP contribution in [0.15, 0.2) is 109 Å². The number of hydrogen-bond acceptors (Lipinski definition) is 0. The van der Waals surface area contributed by atoms with Crippen molar-refractivity contribution in [3.8, 4) is 22.3 Å². The summed E-state index contributed by atoms with van der Waals surface area (Å²) in [5.41, 5.74) is 11.6. The second-order valence-corrected chi connectivity index (χ2v) is 21.0. The van der Waals surface area contributed by atoms with E-state index in [0.717, 1.165) is 27.8 Å². The quantitative estimate of drug-likeness (QED) is 0.120. The first-order valence-corrected chi connectivity index (χ1v) is 28.7. The van der Waals surface area contributed by atoms with Crippen LogP contribution in [0.5, 0.6) is 0 Å². The van der Waals surface area contributed by atoms with Crippen LogP contribution in [-0.2, 0) is 32.7 Å². The molecular formula is C50H60Cl2SiZr. The van der Waals surface area contributed by atoms with Gasteiger partial charge in [-0.1, -0.05) is 151 Å². The maximum absolute atomic E-state index is 4.93. The Bertz CT molecular complexity index is 1980. The molecule has 0 unspecified atom stereocenters. The Morgan fingerprint density at radius 1 is 0.630 bits per heavy atom. The Morgan fingerprint density at radius 2 is 1.09 bits per heavy atom. The molecule has 282 valence electrons. The van der Waals surface area contributed by atoms with Crippen LogP contribution in [0.4, 0.5) is 0 Å². The SMILES string of the molecule is CC(C)(C)c1ccc(-c2cccc3[cH-]c(C4CCCCC4)cc23)cc1.CCc1cc2c(-c3ccc(C4CCCCC4)cc3)cccc2[cH-]1.C[Si]C.[Cl][Zr+2][Cl]. The summed E-state index contributed by atoms with van der Waals surface area (Å²) in [7, 11) is 11.0. The number of hydrogen-bond donors (Lipinski definition) is 0. The van der Waals surface area contributed by atoms with E-state index in [4.69, 9.17) is 17.0 Å². The van der Waals surface area contributed by atoms with Crippen molar-refractivity contribution in [2.24, 2.45) is 0 Å². The molecule has 2 radical (unpaired) electrons. The summed E-state index contributed by atoms with van der Waals surface area (Å²) in [6.45, 7) is 13.4.